The van der Waals surface area contributed by atoms with Crippen LogP contribution in [0.15, 0.2) is 48.5 Å². The van der Waals surface area contributed by atoms with Crippen LogP contribution >= 0.6 is 0 Å². The number of fused-ring (bicyclic) bond motifs is 1. The number of nitrogens with two attached hydrogens (primary N) is 1. The molecule has 0 bridgehead atoms. The predicted octanol–water partition coefficient (Wildman–Crippen LogP) is 4.41. The molecule has 0 atom stereocenters. The Morgan fingerprint density at radius 1 is 1.03 bits per heavy atom. The Bertz CT molecular complexity index is 1190. The molecular formula is C21H20F2N6. The Morgan fingerprint density at radius 2 is 1.76 bits per heavy atom. The highest BCUT2D eigenvalue weighted by Gasteiger charge is 2.19. The Balaban J connectivity index is 1.95. The molecule has 8 heteroatoms. The molecule has 0 radical (unpaired) electrons. The largest absolute Gasteiger partial charge is 0.383 e. The van der Waals surface area contributed by atoms with Crippen molar-refractivity contribution in [3.05, 3.63) is 60.2 Å². The van der Waals surface area contributed by atoms with Gasteiger partial charge in [-0.3, -0.25) is 0 Å². The van der Waals surface area contributed by atoms with Crippen molar-refractivity contribution in [1.29, 1.82) is 0 Å². The normalized spacial score (nSPS) is 11.3. The van der Waals surface area contributed by atoms with Gasteiger partial charge in [-0.1, -0.05) is 32.0 Å². The van der Waals surface area contributed by atoms with E-state index in [1.807, 2.05) is 0 Å². The maximum atomic E-state index is 13.9. The summed E-state index contributed by atoms with van der Waals surface area (Å²) in [6.07, 6.45) is 0. The van der Waals surface area contributed by atoms with E-state index in [-0.39, 0.29) is 11.6 Å². The van der Waals surface area contributed by atoms with Gasteiger partial charge >= 0.3 is 0 Å². The first-order valence-corrected chi connectivity index (χ1v) is 9.24. The van der Waals surface area contributed by atoms with Crippen LogP contribution in [-0.2, 0) is 0 Å². The molecule has 2 heterocycles. The average molecular weight is 394 g/mol. The lowest BCUT2D eigenvalue weighted by Gasteiger charge is -2.10. The van der Waals surface area contributed by atoms with Crippen LogP contribution in [0.4, 0.5) is 20.5 Å². The van der Waals surface area contributed by atoms with Gasteiger partial charge < -0.3 is 11.1 Å². The third kappa shape index (κ3) is 3.73. The van der Waals surface area contributed by atoms with Crippen molar-refractivity contribution >= 4 is 22.8 Å². The third-order valence-electron chi connectivity index (χ3n) is 4.39. The van der Waals surface area contributed by atoms with Crippen LogP contribution in [0.1, 0.15) is 13.8 Å². The van der Waals surface area contributed by atoms with Crippen molar-refractivity contribution in [2.24, 2.45) is 5.92 Å². The van der Waals surface area contributed by atoms with Gasteiger partial charge in [-0.15, -0.1) is 5.10 Å². The fraction of sp³-hybridized carbons (Fsp3) is 0.190. The Kier molecular flexibility index (Phi) is 4.84. The lowest BCUT2D eigenvalue weighted by molar-refractivity contribution is 0.625. The first kappa shape index (κ1) is 18.8. The minimum absolute atomic E-state index is 0.250. The zero-order valence-corrected chi connectivity index (χ0v) is 16.0. The van der Waals surface area contributed by atoms with Crippen LogP contribution in [0.2, 0.25) is 0 Å². The standard InChI is InChI=1S/C21H20F2N6/c1-12(2)11-25-21-26-18(13-5-3-6-14(22)9-13)17-19(24)29(28-20(17)27-21)16-8-4-7-15(23)10-16/h3-10,12H,11,24H2,1-2H3,(H,25,27,28). The molecule has 0 spiro atoms. The molecule has 0 aliphatic heterocycles. The fourth-order valence-electron chi connectivity index (χ4n) is 3.04. The zero-order valence-electron chi connectivity index (χ0n) is 16.0. The summed E-state index contributed by atoms with van der Waals surface area (Å²) in [5, 5.41) is 8.11. The van der Waals surface area contributed by atoms with E-state index >= 15 is 0 Å². The van der Waals surface area contributed by atoms with Gasteiger partial charge in [0.25, 0.3) is 0 Å². The summed E-state index contributed by atoms with van der Waals surface area (Å²) in [6, 6.07) is 12.0. The van der Waals surface area contributed by atoms with E-state index in [9.17, 15) is 8.78 Å². The van der Waals surface area contributed by atoms with Crippen LogP contribution in [-0.4, -0.2) is 26.3 Å². The number of hydrogen-bond acceptors (Lipinski definition) is 5. The third-order valence-corrected chi connectivity index (χ3v) is 4.39. The van der Waals surface area contributed by atoms with E-state index in [0.717, 1.165) is 0 Å². The lowest BCUT2D eigenvalue weighted by atomic mass is 10.1. The molecule has 0 unspecified atom stereocenters. The van der Waals surface area contributed by atoms with E-state index in [1.165, 1.54) is 28.9 Å². The first-order chi connectivity index (χ1) is 13.9. The van der Waals surface area contributed by atoms with Crippen LogP contribution in [0.25, 0.3) is 28.0 Å². The highest BCUT2D eigenvalue weighted by Crippen LogP contribution is 2.33. The Labute approximate surface area is 166 Å². The number of nitrogens with one attached hydrogen (secondary N) is 1. The number of anilines is 2. The molecule has 2 aromatic carbocycles. The lowest BCUT2D eigenvalue weighted by Crippen LogP contribution is -2.11. The van der Waals surface area contributed by atoms with Crippen molar-refractivity contribution in [1.82, 2.24) is 19.7 Å². The summed E-state index contributed by atoms with van der Waals surface area (Å²) in [7, 11) is 0. The van der Waals surface area contributed by atoms with Crippen LogP contribution in [0.5, 0.6) is 0 Å². The average Bonchev–Trinajstić information content (AvgIpc) is 3.02. The van der Waals surface area contributed by atoms with E-state index in [2.05, 4.69) is 34.2 Å². The molecule has 0 saturated carbocycles. The number of nitrogen functional groups attached to an aromatic ring is 1. The second-order valence-corrected chi connectivity index (χ2v) is 7.16. The van der Waals surface area contributed by atoms with Gasteiger partial charge in [-0.25, -0.2) is 18.4 Å². The smallest absolute Gasteiger partial charge is 0.225 e. The number of rotatable bonds is 5. The van der Waals surface area contributed by atoms with E-state index in [0.29, 0.717) is 46.4 Å². The molecule has 0 fully saturated rings. The SMILES string of the molecule is CC(C)CNc1nc(-c2cccc(F)c2)c2c(N)n(-c3cccc(F)c3)nc2n1. The molecular weight excluding hydrogens is 374 g/mol. The van der Waals surface area contributed by atoms with Crippen molar-refractivity contribution in [3.63, 3.8) is 0 Å². The fourth-order valence-corrected chi connectivity index (χ4v) is 3.04. The number of halogens is 2. The van der Waals surface area contributed by atoms with Gasteiger partial charge in [0, 0.05) is 12.1 Å². The molecule has 2 aromatic heterocycles. The number of aromatic nitrogens is 4. The van der Waals surface area contributed by atoms with E-state index in [1.54, 1.807) is 24.3 Å². The summed E-state index contributed by atoms with van der Waals surface area (Å²) in [5.74, 6) is 0.204. The zero-order chi connectivity index (χ0) is 20.5. The van der Waals surface area contributed by atoms with Gasteiger partial charge in [-0.2, -0.15) is 4.98 Å². The summed E-state index contributed by atoms with van der Waals surface area (Å²) in [6.45, 7) is 4.79. The van der Waals surface area contributed by atoms with Gasteiger partial charge in [0.05, 0.1) is 16.8 Å². The summed E-state index contributed by atoms with van der Waals surface area (Å²) in [4.78, 5) is 9.04. The second-order valence-electron chi connectivity index (χ2n) is 7.16. The van der Waals surface area contributed by atoms with Crippen LogP contribution < -0.4 is 11.1 Å². The molecule has 0 aliphatic carbocycles. The van der Waals surface area contributed by atoms with Crippen molar-refractivity contribution in [3.8, 4) is 16.9 Å². The van der Waals surface area contributed by atoms with Gasteiger partial charge in [-0.05, 0) is 36.2 Å². The molecule has 0 aliphatic rings. The molecule has 148 valence electrons. The molecule has 4 rings (SSSR count). The molecule has 29 heavy (non-hydrogen) atoms. The monoisotopic (exact) mass is 394 g/mol. The summed E-state index contributed by atoms with van der Waals surface area (Å²) >= 11 is 0. The van der Waals surface area contributed by atoms with Crippen molar-refractivity contribution in [2.75, 3.05) is 17.6 Å². The van der Waals surface area contributed by atoms with Crippen molar-refractivity contribution < 1.29 is 8.78 Å². The topological polar surface area (TPSA) is 81.6 Å². The molecule has 4 aromatic rings. The summed E-state index contributed by atoms with van der Waals surface area (Å²) < 4.78 is 29.0. The quantitative estimate of drug-likeness (QED) is 0.524. The molecule has 3 N–H and O–H groups in total. The van der Waals surface area contributed by atoms with E-state index < -0.39 is 5.82 Å². The Morgan fingerprint density at radius 3 is 2.45 bits per heavy atom. The van der Waals surface area contributed by atoms with Gasteiger partial charge in [0.1, 0.15) is 17.5 Å². The molecule has 0 amide bonds. The maximum absolute atomic E-state index is 13.9. The summed E-state index contributed by atoms with van der Waals surface area (Å²) in [5.41, 5.74) is 8.16. The first-order valence-electron chi connectivity index (χ1n) is 9.24. The second kappa shape index (κ2) is 7.46. The molecule has 0 saturated heterocycles. The van der Waals surface area contributed by atoms with E-state index in [4.69, 9.17) is 5.73 Å². The highest BCUT2D eigenvalue weighted by atomic mass is 19.1. The molecule has 6 nitrogen and oxygen atoms in total. The van der Waals surface area contributed by atoms with Crippen molar-refractivity contribution in [2.45, 2.75) is 13.8 Å². The number of nitrogens with zero attached hydrogens (tertiary/aromatic N) is 4. The maximum Gasteiger partial charge on any atom is 0.225 e. The van der Waals surface area contributed by atoms with Gasteiger partial charge in [0.15, 0.2) is 5.65 Å². The van der Waals surface area contributed by atoms with Crippen LogP contribution in [0, 0.1) is 17.6 Å². The Hall–Kier alpha value is -3.55. The van der Waals surface area contributed by atoms with Crippen LogP contribution in [0.3, 0.4) is 0 Å². The number of benzene rings is 2. The minimum atomic E-state index is -0.405. The van der Waals surface area contributed by atoms with Gasteiger partial charge in [0.2, 0.25) is 5.95 Å². The predicted molar refractivity (Wildman–Crippen MR) is 110 cm³/mol. The minimum Gasteiger partial charge on any atom is -0.383 e. The highest BCUT2D eigenvalue weighted by molar-refractivity contribution is 5.99. The number of hydrogen-bond donors (Lipinski definition) is 2.